The SMILES string of the molecule is Cc1cccc(CN2CCN([C@H](C)C(N)=O)CC2)c1. The summed E-state index contributed by atoms with van der Waals surface area (Å²) in [7, 11) is 0. The second-order valence-electron chi connectivity index (χ2n) is 5.38. The number of carbonyl (C=O) groups is 1. The quantitative estimate of drug-likeness (QED) is 0.879. The van der Waals surface area contributed by atoms with Crippen molar-refractivity contribution in [2.24, 2.45) is 5.73 Å². The van der Waals surface area contributed by atoms with Crippen LogP contribution in [0.5, 0.6) is 0 Å². The van der Waals surface area contributed by atoms with Crippen molar-refractivity contribution in [2.45, 2.75) is 26.4 Å². The molecular formula is C15H23N3O. The molecule has 0 saturated carbocycles. The molecule has 1 atom stereocenters. The van der Waals surface area contributed by atoms with Gasteiger partial charge in [0.1, 0.15) is 0 Å². The first-order chi connectivity index (χ1) is 9.06. The van der Waals surface area contributed by atoms with E-state index in [1.54, 1.807) is 0 Å². The van der Waals surface area contributed by atoms with Crippen LogP contribution in [0, 0.1) is 6.92 Å². The molecule has 1 aromatic carbocycles. The Balaban J connectivity index is 1.85. The lowest BCUT2D eigenvalue weighted by molar-refractivity contribution is -0.123. The topological polar surface area (TPSA) is 49.6 Å². The van der Waals surface area contributed by atoms with Crippen LogP contribution < -0.4 is 5.73 Å². The molecule has 0 aromatic heterocycles. The van der Waals surface area contributed by atoms with Gasteiger partial charge in [-0.25, -0.2) is 0 Å². The summed E-state index contributed by atoms with van der Waals surface area (Å²) < 4.78 is 0. The zero-order valence-corrected chi connectivity index (χ0v) is 11.8. The van der Waals surface area contributed by atoms with Gasteiger partial charge in [0.15, 0.2) is 0 Å². The number of primary amides is 1. The van der Waals surface area contributed by atoms with Gasteiger partial charge in [0.25, 0.3) is 0 Å². The summed E-state index contributed by atoms with van der Waals surface area (Å²) in [4.78, 5) is 15.8. The molecule has 19 heavy (non-hydrogen) atoms. The maximum atomic E-state index is 11.2. The summed E-state index contributed by atoms with van der Waals surface area (Å²) in [5, 5.41) is 0. The average Bonchev–Trinajstić information content (AvgIpc) is 2.39. The van der Waals surface area contributed by atoms with Crippen LogP contribution in [0.15, 0.2) is 24.3 Å². The predicted octanol–water partition coefficient (Wildman–Crippen LogP) is 0.986. The molecule has 104 valence electrons. The molecule has 0 unspecified atom stereocenters. The molecule has 4 nitrogen and oxygen atoms in total. The van der Waals surface area contributed by atoms with Crippen LogP contribution in [0.2, 0.25) is 0 Å². The van der Waals surface area contributed by atoms with Gasteiger partial charge in [-0.15, -0.1) is 0 Å². The summed E-state index contributed by atoms with van der Waals surface area (Å²) >= 11 is 0. The van der Waals surface area contributed by atoms with Crippen LogP contribution in [-0.4, -0.2) is 47.9 Å². The monoisotopic (exact) mass is 261 g/mol. The standard InChI is InChI=1S/C15H23N3O/c1-12-4-3-5-14(10-12)11-17-6-8-18(9-7-17)13(2)15(16)19/h3-5,10,13H,6-9,11H2,1-2H3,(H2,16,19)/t13-/m1/s1. The van der Waals surface area contributed by atoms with Gasteiger partial charge in [-0.2, -0.15) is 0 Å². The maximum Gasteiger partial charge on any atom is 0.234 e. The molecule has 1 fully saturated rings. The van der Waals surface area contributed by atoms with Crippen molar-refractivity contribution in [1.29, 1.82) is 0 Å². The summed E-state index contributed by atoms with van der Waals surface area (Å²) in [5.74, 6) is -0.230. The molecule has 0 aliphatic carbocycles. The second kappa shape index (κ2) is 6.17. The minimum Gasteiger partial charge on any atom is -0.368 e. The van der Waals surface area contributed by atoms with Gasteiger partial charge in [0.05, 0.1) is 6.04 Å². The Bertz CT molecular complexity index is 439. The third kappa shape index (κ3) is 3.78. The molecular weight excluding hydrogens is 238 g/mol. The van der Waals surface area contributed by atoms with E-state index in [0.717, 1.165) is 32.7 Å². The Morgan fingerprint density at radius 2 is 2.00 bits per heavy atom. The Hall–Kier alpha value is -1.39. The molecule has 0 radical (unpaired) electrons. The average molecular weight is 261 g/mol. The van der Waals surface area contributed by atoms with Crippen molar-refractivity contribution >= 4 is 5.91 Å². The van der Waals surface area contributed by atoms with Crippen LogP contribution in [-0.2, 0) is 11.3 Å². The lowest BCUT2D eigenvalue weighted by Crippen LogP contribution is -2.52. The zero-order chi connectivity index (χ0) is 13.8. The first-order valence-corrected chi connectivity index (χ1v) is 6.87. The fraction of sp³-hybridized carbons (Fsp3) is 0.533. The molecule has 1 saturated heterocycles. The van der Waals surface area contributed by atoms with Crippen molar-refractivity contribution in [2.75, 3.05) is 26.2 Å². The number of hydrogen-bond acceptors (Lipinski definition) is 3. The second-order valence-corrected chi connectivity index (χ2v) is 5.38. The minimum absolute atomic E-state index is 0.152. The number of hydrogen-bond donors (Lipinski definition) is 1. The third-order valence-corrected chi connectivity index (χ3v) is 3.86. The number of amides is 1. The minimum atomic E-state index is -0.230. The largest absolute Gasteiger partial charge is 0.368 e. The Labute approximate surface area is 115 Å². The van der Waals surface area contributed by atoms with Gasteiger partial charge < -0.3 is 5.73 Å². The number of nitrogens with zero attached hydrogens (tertiary/aromatic N) is 2. The summed E-state index contributed by atoms with van der Waals surface area (Å²) in [6.07, 6.45) is 0. The molecule has 0 bridgehead atoms. The molecule has 4 heteroatoms. The number of benzene rings is 1. The van der Waals surface area contributed by atoms with Crippen molar-refractivity contribution in [3.8, 4) is 0 Å². The predicted molar refractivity (Wildman–Crippen MR) is 76.7 cm³/mol. The fourth-order valence-corrected chi connectivity index (χ4v) is 2.56. The molecule has 1 amide bonds. The highest BCUT2D eigenvalue weighted by atomic mass is 16.1. The summed E-state index contributed by atoms with van der Waals surface area (Å²) in [5.41, 5.74) is 8.01. The van der Waals surface area contributed by atoms with Crippen molar-refractivity contribution in [3.05, 3.63) is 35.4 Å². The molecule has 2 N–H and O–H groups in total. The first-order valence-electron chi connectivity index (χ1n) is 6.87. The zero-order valence-electron chi connectivity index (χ0n) is 11.8. The van der Waals surface area contributed by atoms with Crippen LogP contribution >= 0.6 is 0 Å². The molecule has 1 aliphatic rings. The van der Waals surface area contributed by atoms with E-state index in [0.29, 0.717) is 0 Å². The number of aryl methyl sites for hydroxylation is 1. The van der Waals surface area contributed by atoms with Gasteiger partial charge in [0.2, 0.25) is 5.91 Å². The number of piperazine rings is 1. The van der Waals surface area contributed by atoms with Gasteiger partial charge in [-0.3, -0.25) is 14.6 Å². The van der Waals surface area contributed by atoms with Crippen molar-refractivity contribution in [3.63, 3.8) is 0 Å². The number of carbonyl (C=O) groups excluding carboxylic acids is 1. The van der Waals surface area contributed by atoms with E-state index in [-0.39, 0.29) is 11.9 Å². The Morgan fingerprint density at radius 1 is 1.32 bits per heavy atom. The van der Waals surface area contributed by atoms with Crippen LogP contribution in [0.25, 0.3) is 0 Å². The highest BCUT2D eigenvalue weighted by molar-refractivity contribution is 5.79. The highest BCUT2D eigenvalue weighted by Crippen LogP contribution is 2.11. The smallest absolute Gasteiger partial charge is 0.234 e. The lowest BCUT2D eigenvalue weighted by Gasteiger charge is -2.37. The van der Waals surface area contributed by atoms with Gasteiger partial charge in [-0.1, -0.05) is 29.8 Å². The van der Waals surface area contributed by atoms with E-state index in [2.05, 4.69) is 41.0 Å². The van der Waals surface area contributed by atoms with E-state index in [4.69, 9.17) is 5.73 Å². The third-order valence-electron chi connectivity index (χ3n) is 3.86. The lowest BCUT2D eigenvalue weighted by atomic mass is 10.1. The molecule has 1 aliphatic heterocycles. The molecule has 0 spiro atoms. The number of rotatable bonds is 4. The molecule has 1 heterocycles. The van der Waals surface area contributed by atoms with E-state index in [9.17, 15) is 4.79 Å². The molecule has 1 aromatic rings. The van der Waals surface area contributed by atoms with Crippen LogP contribution in [0.1, 0.15) is 18.1 Å². The van der Waals surface area contributed by atoms with Crippen molar-refractivity contribution in [1.82, 2.24) is 9.80 Å². The van der Waals surface area contributed by atoms with E-state index < -0.39 is 0 Å². The summed E-state index contributed by atoms with van der Waals surface area (Å²) in [6.45, 7) is 8.80. The highest BCUT2D eigenvalue weighted by Gasteiger charge is 2.23. The fourth-order valence-electron chi connectivity index (χ4n) is 2.56. The van der Waals surface area contributed by atoms with E-state index in [1.165, 1.54) is 11.1 Å². The summed E-state index contributed by atoms with van der Waals surface area (Å²) in [6, 6.07) is 8.48. The van der Waals surface area contributed by atoms with Crippen LogP contribution in [0.3, 0.4) is 0 Å². The maximum absolute atomic E-state index is 11.2. The van der Waals surface area contributed by atoms with Gasteiger partial charge in [0, 0.05) is 32.7 Å². The van der Waals surface area contributed by atoms with Gasteiger partial charge >= 0.3 is 0 Å². The van der Waals surface area contributed by atoms with E-state index in [1.807, 2.05) is 6.92 Å². The van der Waals surface area contributed by atoms with Gasteiger partial charge in [-0.05, 0) is 19.4 Å². The van der Waals surface area contributed by atoms with E-state index >= 15 is 0 Å². The number of nitrogens with two attached hydrogens (primary N) is 1. The Kier molecular flexibility index (Phi) is 4.56. The first kappa shape index (κ1) is 14.0. The normalized spacial score (nSPS) is 19.3. The van der Waals surface area contributed by atoms with Crippen molar-refractivity contribution < 1.29 is 4.79 Å². The molecule has 2 rings (SSSR count). The van der Waals surface area contributed by atoms with Crippen LogP contribution in [0.4, 0.5) is 0 Å². The Morgan fingerprint density at radius 3 is 2.58 bits per heavy atom.